The first-order valence-electron chi connectivity index (χ1n) is 12.6. The highest BCUT2D eigenvalue weighted by molar-refractivity contribution is 6.31. The lowest BCUT2D eigenvalue weighted by Gasteiger charge is -2.30. The number of piperidine rings is 1. The number of likely N-dealkylation sites (N-methyl/N-ethyl adjacent to an activating group) is 1. The van der Waals surface area contributed by atoms with Gasteiger partial charge in [-0.3, -0.25) is 24.2 Å². The maximum atomic E-state index is 13.0. The van der Waals surface area contributed by atoms with Gasteiger partial charge in [0, 0.05) is 35.1 Å². The van der Waals surface area contributed by atoms with Crippen molar-refractivity contribution in [1.29, 1.82) is 0 Å². The molecule has 2 atom stereocenters. The Morgan fingerprint density at radius 2 is 2.00 bits per heavy atom. The van der Waals surface area contributed by atoms with Gasteiger partial charge in [-0.05, 0) is 74.5 Å². The van der Waals surface area contributed by atoms with Crippen LogP contribution in [0.5, 0.6) is 0 Å². The second kappa shape index (κ2) is 11.3. The van der Waals surface area contributed by atoms with Crippen LogP contribution in [0.3, 0.4) is 0 Å². The molecule has 2 N–H and O–H groups in total. The Morgan fingerprint density at radius 1 is 1.22 bits per heavy atom. The van der Waals surface area contributed by atoms with Crippen LogP contribution in [-0.2, 0) is 20.8 Å². The topological polar surface area (TPSA) is 81.8 Å². The minimum absolute atomic E-state index is 0.164. The van der Waals surface area contributed by atoms with E-state index >= 15 is 0 Å². The summed E-state index contributed by atoms with van der Waals surface area (Å²) in [5, 5.41) is 6.53. The number of amides is 3. The maximum Gasteiger partial charge on any atom is 0.278 e. The molecular weight excluding hydrogens is 488 g/mol. The van der Waals surface area contributed by atoms with Crippen LogP contribution in [0.15, 0.2) is 66.5 Å². The van der Waals surface area contributed by atoms with Crippen LogP contribution in [0.2, 0.25) is 5.02 Å². The molecule has 1 fully saturated rings. The third-order valence-electron chi connectivity index (χ3n) is 7.05. The summed E-state index contributed by atoms with van der Waals surface area (Å²) in [6.07, 6.45) is 3.96. The van der Waals surface area contributed by atoms with E-state index in [2.05, 4.69) is 48.2 Å². The number of nitrogens with zero attached hydrogens (tertiary/aromatic N) is 2. The third kappa shape index (κ3) is 5.95. The van der Waals surface area contributed by atoms with Gasteiger partial charge in [0.25, 0.3) is 11.8 Å². The summed E-state index contributed by atoms with van der Waals surface area (Å²) in [7, 11) is 2.10. The predicted molar refractivity (Wildman–Crippen MR) is 146 cm³/mol. The lowest BCUT2D eigenvalue weighted by molar-refractivity contribution is -0.146. The Morgan fingerprint density at radius 3 is 2.70 bits per heavy atom. The number of nitrogens with one attached hydrogen (secondary N) is 2. The number of carbonyl (C=O) groups is 3. The molecule has 4 rings (SSSR count). The molecule has 8 heteroatoms. The minimum Gasteiger partial charge on any atom is -0.351 e. The van der Waals surface area contributed by atoms with Crippen LogP contribution >= 0.6 is 11.6 Å². The van der Waals surface area contributed by atoms with Gasteiger partial charge in [-0.15, -0.1) is 0 Å². The Bertz CT molecular complexity index is 1270. The van der Waals surface area contributed by atoms with E-state index in [-0.39, 0.29) is 17.6 Å². The first kappa shape index (κ1) is 26.6. The van der Waals surface area contributed by atoms with Crippen molar-refractivity contribution < 1.29 is 14.4 Å². The van der Waals surface area contributed by atoms with Crippen molar-refractivity contribution in [2.75, 3.05) is 18.9 Å². The van der Waals surface area contributed by atoms with E-state index in [9.17, 15) is 14.4 Å². The summed E-state index contributed by atoms with van der Waals surface area (Å²) in [5.74, 6) is -1.36. The van der Waals surface area contributed by atoms with Crippen molar-refractivity contribution in [3.8, 4) is 0 Å². The van der Waals surface area contributed by atoms with Crippen molar-refractivity contribution in [2.24, 2.45) is 0 Å². The zero-order valence-corrected chi connectivity index (χ0v) is 22.3. The molecule has 194 valence electrons. The van der Waals surface area contributed by atoms with Gasteiger partial charge in [0.05, 0.1) is 0 Å². The largest absolute Gasteiger partial charge is 0.351 e. The highest BCUT2D eigenvalue weighted by Crippen LogP contribution is 2.28. The van der Waals surface area contributed by atoms with Crippen LogP contribution < -0.4 is 10.6 Å². The maximum absolute atomic E-state index is 13.0. The number of hydrogen-bond donors (Lipinski definition) is 2. The van der Waals surface area contributed by atoms with Crippen LogP contribution in [0.4, 0.5) is 5.69 Å². The standard InChI is InChI=1S/C29H33ClN4O3/c1-5-25(33(4)14-13-20-11-9-18(2)23(30)15-20)21-7-6-8-22(16-21)32-24-17-27(35)34(29(24)37)26-12-10-19(3)31-28(26)36/h6-9,11,15-17,25-26,32H,3,5,10,12-14H2,1-2,4H3,(H,31,36). The predicted octanol–water partition coefficient (Wildman–Crippen LogP) is 4.73. The van der Waals surface area contributed by atoms with Gasteiger partial charge >= 0.3 is 0 Å². The van der Waals surface area contributed by atoms with Crippen LogP contribution in [0, 0.1) is 6.92 Å². The fourth-order valence-corrected chi connectivity index (χ4v) is 5.12. The van der Waals surface area contributed by atoms with Gasteiger partial charge < -0.3 is 10.6 Å². The normalized spacial score (nSPS) is 18.8. The molecule has 37 heavy (non-hydrogen) atoms. The molecule has 1 saturated heterocycles. The van der Waals surface area contributed by atoms with E-state index in [1.807, 2.05) is 37.3 Å². The van der Waals surface area contributed by atoms with Gasteiger partial charge in [-0.1, -0.05) is 49.4 Å². The van der Waals surface area contributed by atoms with Crippen molar-refractivity contribution in [3.05, 3.63) is 88.2 Å². The van der Waals surface area contributed by atoms with Crippen molar-refractivity contribution in [2.45, 2.75) is 51.6 Å². The average molecular weight is 521 g/mol. The van der Waals surface area contributed by atoms with E-state index in [0.717, 1.165) is 40.4 Å². The quantitative estimate of drug-likeness (QED) is 0.467. The first-order valence-corrected chi connectivity index (χ1v) is 13.0. The van der Waals surface area contributed by atoms with Crippen molar-refractivity contribution >= 4 is 35.0 Å². The molecule has 2 aromatic carbocycles. The monoisotopic (exact) mass is 520 g/mol. The number of halogens is 1. The fraction of sp³-hybridized carbons (Fsp3) is 0.345. The smallest absolute Gasteiger partial charge is 0.278 e. The molecule has 0 aliphatic carbocycles. The molecule has 3 amide bonds. The lowest BCUT2D eigenvalue weighted by atomic mass is 10.0. The first-order chi connectivity index (χ1) is 17.7. The lowest BCUT2D eigenvalue weighted by Crippen LogP contribution is -2.52. The third-order valence-corrected chi connectivity index (χ3v) is 7.45. The number of benzene rings is 2. The highest BCUT2D eigenvalue weighted by Gasteiger charge is 2.41. The molecular formula is C29H33ClN4O3. The molecule has 0 bridgehead atoms. The second-order valence-electron chi connectivity index (χ2n) is 9.71. The van der Waals surface area contributed by atoms with E-state index < -0.39 is 17.9 Å². The van der Waals surface area contributed by atoms with Gasteiger partial charge in [0.2, 0.25) is 5.91 Å². The van der Waals surface area contributed by atoms with E-state index in [1.165, 1.54) is 11.6 Å². The molecule has 0 saturated carbocycles. The Balaban J connectivity index is 1.43. The summed E-state index contributed by atoms with van der Waals surface area (Å²) in [4.78, 5) is 41.4. The molecule has 0 aromatic heterocycles. The number of aryl methyl sites for hydroxylation is 1. The van der Waals surface area contributed by atoms with Gasteiger partial charge in [0.1, 0.15) is 11.7 Å². The summed E-state index contributed by atoms with van der Waals surface area (Å²) >= 11 is 6.29. The van der Waals surface area contributed by atoms with Gasteiger partial charge in [-0.2, -0.15) is 0 Å². The SMILES string of the molecule is C=C1CCC(N2C(=O)C=C(Nc3cccc(C(CC)N(C)CCc4ccc(C)c(Cl)c4)c3)C2=O)C(=O)N1. The molecule has 2 aliphatic rings. The van der Waals surface area contributed by atoms with Gasteiger partial charge in [0.15, 0.2) is 0 Å². The summed E-state index contributed by atoms with van der Waals surface area (Å²) in [6.45, 7) is 8.76. The molecule has 2 aromatic rings. The van der Waals surface area contributed by atoms with Crippen LogP contribution in [0.25, 0.3) is 0 Å². The zero-order chi connectivity index (χ0) is 26.7. The second-order valence-corrected chi connectivity index (χ2v) is 10.1. The molecule has 7 nitrogen and oxygen atoms in total. The number of imide groups is 1. The van der Waals surface area contributed by atoms with Crippen molar-refractivity contribution in [1.82, 2.24) is 15.1 Å². The number of allylic oxidation sites excluding steroid dienone is 1. The molecule has 0 spiro atoms. The number of rotatable bonds is 9. The number of hydrogen-bond acceptors (Lipinski definition) is 5. The fourth-order valence-electron chi connectivity index (χ4n) is 4.91. The molecule has 2 unspecified atom stereocenters. The molecule has 0 radical (unpaired) electrons. The van der Waals surface area contributed by atoms with E-state index in [4.69, 9.17) is 11.6 Å². The number of carbonyl (C=O) groups excluding carboxylic acids is 3. The minimum atomic E-state index is -0.825. The summed E-state index contributed by atoms with van der Waals surface area (Å²) in [5.41, 5.74) is 4.85. The summed E-state index contributed by atoms with van der Waals surface area (Å²) in [6, 6.07) is 13.4. The Kier molecular flexibility index (Phi) is 8.15. The molecule has 2 heterocycles. The van der Waals surface area contributed by atoms with Crippen molar-refractivity contribution in [3.63, 3.8) is 0 Å². The highest BCUT2D eigenvalue weighted by atomic mass is 35.5. The van der Waals surface area contributed by atoms with Crippen LogP contribution in [-0.4, -0.2) is 47.2 Å². The van der Waals surface area contributed by atoms with Crippen LogP contribution in [0.1, 0.15) is 48.9 Å². The summed E-state index contributed by atoms with van der Waals surface area (Å²) < 4.78 is 0. The molecule has 2 aliphatic heterocycles. The van der Waals surface area contributed by atoms with E-state index in [1.54, 1.807) is 0 Å². The average Bonchev–Trinajstić information content (AvgIpc) is 3.13. The Hall–Kier alpha value is -3.42. The number of anilines is 1. The Labute approximate surface area is 223 Å². The van der Waals surface area contributed by atoms with Gasteiger partial charge in [-0.25, -0.2) is 0 Å². The van der Waals surface area contributed by atoms with E-state index in [0.29, 0.717) is 24.2 Å². The zero-order valence-electron chi connectivity index (χ0n) is 21.5.